The first-order valence-corrected chi connectivity index (χ1v) is 14.7. The number of fused-ring (bicyclic) bond motifs is 3. The SMILES string of the molecule is Clc1cncc(Cl)c1-c1noc(C2CC2)c1COC12CCC(C=Cc3ccc(Cc4nn[nH]n4)cc3)(CC1)CC2. The molecule has 4 aliphatic rings. The Balaban J connectivity index is 1.02. The van der Waals surface area contributed by atoms with Crippen LogP contribution in [0.25, 0.3) is 17.3 Å². The van der Waals surface area contributed by atoms with Crippen LogP contribution < -0.4 is 0 Å². The summed E-state index contributed by atoms with van der Waals surface area (Å²) in [5.41, 5.74) is 4.86. The molecule has 0 amide bonds. The Morgan fingerprint density at radius 3 is 2.38 bits per heavy atom. The van der Waals surface area contributed by atoms with E-state index in [2.05, 4.69) is 67.2 Å². The Labute approximate surface area is 242 Å². The molecule has 8 rings (SSSR count). The second kappa shape index (κ2) is 10.4. The van der Waals surface area contributed by atoms with Gasteiger partial charge in [-0.2, -0.15) is 5.21 Å². The Bertz CT molecular complexity index is 1480. The molecule has 0 atom stereocenters. The van der Waals surface area contributed by atoms with Crippen LogP contribution in [0.1, 0.15) is 85.6 Å². The molecule has 40 heavy (non-hydrogen) atoms. The molecule has 10 heteroatoms. The van der Waals surface area contributed by atoms with Crippen LogP contribution in [0.4, 0.5) is 0 Å². The third kappa shape index (κ3) is 5.08. The molecule has 2 bridgehead atoms. The summed E-state index contributed by atoms with van der Waals surface area (Å²) in [7, 11) is 0. The van der Waals surface area contributed by atoms with Crippen LogP contribution in [0.2, 0.25) is 10.0 Å². The smallest absolute Gasteiger partial charge is 0.178 e. The molecule has 3 heterocycles. The maximum atomic E-state index is 6.78. The highest BCUT2D eigenvalue weighted by atomic mass is 35.5. The molecular weight excluding hydrogens is 547 g/mol. The number of hydrogen-bond donors (Lipinski definition) is 1. The molecule has 4 aromatic rings. The van der Waals surface area contributed by atoms with E-state index >= 15 is 0 Å². The maximum Gasteiger partial charge on any atom is 0.178 e. The van der Waals surface area contributed by atoms with Crippen molar-refractivity contribution < 1.29 is 9.26 Å². The van der Waals surface area contributed by atoms with Crippen molar-refractivity contribution >= 4 is 29.3 Å². The predicted molar refractivity (Wildman–Crippen MR) is 152 cm³/mol. The maximum absolute atomic E-state index is 6.78. The van der Waals surface area contributed by atoms with E-state index in [4.69, 9.17) is 32.5 Å². The summed E-state index contributed by atoms with van der Waals surface area (Å²) >= 11 is 13.0. The van der Waals surface area contributed by atoms with Crippen molar-refractivity contribution in [2.75, 3.05) is 0 Å². The van der Waals surface area contributed by atoms with Crippen LogP contribution in [0, 0.1) is 5.41 Å². The summed E-state index contributed by atoms with van der Waals surface area (Å²) in [5, 5.41) is 19.6. The topological polar surface area (TPSA) is 103 Å². The van der Waals surface area contributed by atoms with Gasteiger partial charge in [0.15, 0.2) is 5.82 Å². The quantitative estimate of drug-likeness (QED) is 0.222. The Hall–Kier alpha value is -3.07. The number of allylic oxidation sites excluding steroid dienone is 1. The van der Waals surface area contributed by atoms with Crippen molar-refractivity contribution in [3.8, 4) is 11.3 Å². The number of hydrogen-bond acceptors (Lipinski definition) is 7. The average molecular weight is 578 g/mol. The number of tetrazole rings is 1. The molecule has 4 aliphatic carbocycles. The standard InChI is InChI=1S/C30H30Cl2N6O2/c31-23-16-33-17-24(32)26(23)27-22(28(40-36-27)21-5-6-21)18-39-30-12-9-29(10-13-30,11-14-30)8-7-19-1-3-20(4-2-19)15-25-34-37-38-35-25/h1-4,7-8,16-17,21H,5-6,9-15,18H2,(H,34,35,37,38). The monoisotopic (exact) mass is 576 g/mol. The normalized spacial score (nSPS) is 24.2. The van der Waals surface area contributed by atoms with Gasteiger partial charge in [0.25, 0.3) is 0 Å². The van der Waals surface area contributed by atoms with E-state index < -0.39 is 0 Å². The van der Waals surface area contributed by atoms with Gasteiger partial charge in [0.05, 0.1) is 22.3 Å². The lowest BCUT2D eigenvalue weighted by molar-refractivity contribution is -0.133. The number of nitrogens with zero attached hydrogens (tertiary/aromatic N) is 5. The summed E-state index contributed by atoms with van der Waals surface area (Å²) in [5.74, 6) is 2.02. The van der Waals surface area contributed by atoms with Gasteiger partial charge in [-0.1, -0.05) is 70.0 Å². The number of rotatable bonds is 9. The van der Waals surface area contributed by atoms with E-state index in [-0.39, 0.29) is 11.0 Å². The lowest BCUT2D eigenvalue weighted by Gasteiger charge is -2.52. The van der Waals surface area contributed by atoms with Crippen LogP contribution in [-0.4, -0.2) is 36.4 Å². The molecule has 0 aliphatic heterocycles. The van der Waals surface area contributed by atoms with Gasteiger partial charge in [0.2, 0.25) is 0 Å². The van der Waals surface area contributed by atoms with Gasteiger partial charge < -0.3 is 9.26 Å². The molecule has 3 aromatic heterocycles. The summed E-state index contributed by atoms with van der Waals surface area (Å²) in [6.07, 6.45) is 17.4. The molecule has 1 aromatic carbocycles. The summed E-state index contributed by atoms with van der Waals surface area (Å²) in [6.45, 7) is 0.457. The number of aromatic nitrogens is 6. The Morgan fingerprint density at radius 1 is 1.00 bits per heavy atom. The number of pyridine rings is 1. The molecule has 0 radical (unpaired) electrons. The summed E-state index contributed by atoms with van der Waals surface area (Å²) < 4.78 is 12.6. The van der Waals surface area contributed by atoms with Crippen molar-refractivity contribution in [3.63, 3.8) is 0 Å². The van der Waals surface area contributed by atoms with Gasteiger partial charge >= 0.3 is 0 Å². The third-order valence-corrected chi connectivity index (χ3v) is 9.55. The molecule has 4 fully saturated rings. The molecule has 8 nitrogen and oxygen atoms in total. The van der Waals surface area contributed by atoms with Gasteiger partial charge in [-0.3, -0.25) is 4.98 Å². The number of H-pyrrole nitrogens is 1. The zero-order valence-corrected chi connectivity index (χ0v) is 23.6. The van der Waals surface area contributed by atoms with Gasteiger partial charge in [0.1, 0.15) is 11.5 Å². The lowest BCUT2D eigenvalue weighted by atomic mass is 9.58. The van der Waals surface area contributed by atoms with Crippen molar-refractivity contribution in [3.05, 3.63) is 81.1 Å². The third-order valence-electron chi connectivity index (χ3n) is 8.98. The van der Waals surface area contributed by atoms with Crippen molar-refractivity contribution in [1.29, 1.82) is 0 Å². The highest BCUT2D eigenvalue weighted by Crippen LogP contribution is 2.55. The molecule has 1 N–H and O–H groups in total. The van der Waals surface area contributed by atoms with Gasteiger partial charge in [-0.05, 0) is 67.9 Å². The van der Waals surface area contributed by atoms with Gasteiger partial charge in [-0.25, -0.2) is 0 Å². The summed E-state index contributed by atoms with van der Waals surface area (Å²) in [6, 6.07) is 8.60. The lowest BCUT2D eigenvalue weighted by Crippen LogP contribution is -2.46. The van der Waals surface area contributed by atoms with E-state index in [0.29, 0.717) is 46.1 Å². The highest BCUT2D eigenvalue weighted by Gasteiger charge is 2.48. The van der Waals surface area contributed by atoms with Gasteiger partial charge in [0, 0.05) is 35.9 Å². The molecule has 0 saturated heterocycles. The van der Waals surface area contributed by atoms with Gasteiger partial charge in [-0.15, -0.1) is 10.2 Å². The second-order valence-electron chi connectivity index (χ2n) is 11.5. The fourth-order valence-electron chi connectivity index (χ4n) is 6.29. The van der Waals surface area contributed by atoms with E-state index in [9.17, 15) is 0 Å². The van der Waals surface area contributed by atoms with Crippen LogP contribution in [-0.2, 0) is 17.8 Å². The molecular formula is C30H30Cl2N6O2. The summed E-state index contributed by atoms with van der Waals surface area (Å²) in [4.78, 5) is 4.09. The molecule has 0 unspecified atom stereocenters. The zero-order valence-electron chi connectivity index (χ0n) is 22.1. The number of ether oxygens (including phenoxy) is 1. The fourth-order valence-corrected chi connectivity index (χ4v) is 6.84. The molecule has 4 saturated carbocycles. The van der Waals surface area contributed by atoms with Crippen molar-refractivity contribution in [2.24, 2.45) is 5.41 Å². The van der Waals surface area contributed by atoms with E-state index in [1.807, 2.05) is 0 Å². The van der Waals surface area contributed by atoms with Crippen LogP contribution >= 0.6 is 23.2 Å². The van der Waals surface area contributed by atoms with Crippen LogP contribution in [0.15, 0.2) is 47.3 Å². The first-order valence-electron chi connectivity index (χ1n) is 13.9. The van der Waals surface area contributed by atoms with E-state index in [1.165, 1.54) is 11.1 Å². The van der Waals surface area contributed by atoms with Crippen LogP contribution in [0.3, 0.4) is 0 Å². The molecule has 0 spiro atoms. The fraction of sp³-hybridized carbons (Fsp3) is 0.433. The number of halogens is 2. The first kappa shape index (κ1) is 25.9. The zero-order chi connectivity index (χ0) is 27.2. The van der Waals surface area contributed by atoms with E-state index in [0.717, 1.165) is 62.7 Å². The number of nitrogens with one attached hydrogen (secondary N) is 1. The minimum Gasteiger partial charge on any atom is -0.370 e. The largest absolute Gasteiger partial charge is 0.370 e. The highest BCUT2D eigenvalue weighted by molar-refractivity contribution is 6.38. The number of benzene rings is 1. The van der Waals surface area contributed by atoms with E-state index in [1.54, 1.807) is 12.4 Å². The Kier molecular flexibility index (Phi) is 6.72. The Morgan fingerprint density at radius 2 is 1.73 bits per heavy atom. The second-order valence-corrected chi connectivity index (χ2v) is 12.4. The number of aromatic amines is 1. The minimum atomic E-state index is -0.104. The van der Waals surface area contributed by atoms with Crippen molar-refractivity contribution in [2.45, 2.75) is 75.9 Å². The first-order chi connectivity index (χ1) is 19.5. The molecule has 206 valence electrons. The van der Waals surface area contributed by atoms with Crippen LogP contribution in [0.5, 0.6) is 0 Å². The van der Waals surface area contributed by atoms with Crippen molar-refractivity contribution in [1.82, 2.24) is 30.8 Å². The minimum absolute atomic E-state index is 0.104. The average Bonchev–Trinajstić information content (AvgIpc) is 3.53. The predicted octanol–water partition coefficient (Wildman–Crippen LogP) is 7.35.